The molecule has 1 rings (SSSR count). The fraction of sp³-hybridized carbons (Fsp3) is 0.400. The van der Waals surface area contributed by atoms with Gasteiger partial charge in [-0.2, -0.15) is 0 Å². The molecule has 94 valence electrons. The van der Waals surface area contributed by atoms with Gasteiger partial charge < -0.3 is 10.1 Å². The van der Waals surface area contributed by atoms with E-state index in [9.17, 15) is 14.5 Å². The first kappa shape index (κ1) is 13.7. The minimum Gasteiger partial charge on any atom is -0.482 e. The molecule has 0 spiro atoms. The van der Waals surface area contributed by atoms with E-state index in [2.05, 4.69) is 5.32 Å². The monoisotopic (exact) mass is 262 g/mol. The van der Waals surface area contributed by atoms with Crippen molar-refractivity contribution < 1.29 is 14.1 Å². The molecule has 1 N–H and O–H groups in total. The van der Waals surface area contributed by atoms with E-state index in [1.165, 1.54) is 0 Å². The zero-order valence-corrected chi connectivity index (χ0v) is 10.1. The van der Waals surface area contributed by atoms with Crippen LogP contribution in [0.5, 0.6) is 5.75 Å². The molecule has 0 saturated heterocycles. The molecule has 0 radical (unpaired) electrons. The number of rotatable bonds is 5. The van der Waals surface area contributed by atoms with Gasteiger partial charge in [-0.05, 0) is 14.0 Å². The van der Waals surface area contributed by atoms with Crippen LogP contribution in [0.15, 0.2) is 12.1 Å². The molecule has 0 saturated carbocycles. The number of hydrogen-bond donors (Lipinski definition) is 1. The molecule has 1 unspecified atom stereocenters. The van der Waals surface area contributed by atoms with Crippen LogP contribution >= 0.6 is 11.6 Å². The van der Waals surface area contributed by atoms with Crippen molar-refractivity contribution in [2.45, 2.75) is 13.0 Å². The Morgan fingerprint density at radius 1 is 1.65 bits per heavy atom. The summed E-state index contributed by atoms with van der Waals surface area (Å²) in [6.07, 6.45) is -0.291. The predicted octanol–water partition coefficient (Wildman–Crippen LogP) is 2.37. The summed E-state index contributed by atoms with van der Waals surface area (Å²) >= 11 is 5.56. The number of hydrogen-bond acceptors (Lipinski definition) is 4. The van der Waals surface area contributed by atoms with Crippen molar-refractivity contribution in [2.24, 2.45) is 0 Å². The lowest BCUT2D eigenvalue weighted by Crippen LogP contribution is -2.26. The van der Waals surface area contributed by atoms with Crippen molar-refractivity contribution in [3.05, 3.63) is 33.1 Å². The smallest absolute Gasteiger partial charge is 0.313 e. The van der Waals surface area contributed by atoms with Gasteiger partial charge in [-0.1, -0.05) is 11.6 Å². The van der Waals surface area contributed by atoms with Gasteiger partial charge in [0.1, 0.15) is 11.9 Å². The maximum absolute atomic E-state index is 13.1. The second-order valence-electron chi connectivity index (χ2n) is 3.48. The molecular formula is C10H12ClFN2O3. The third-order valence-electron chi connectivity index (χ3n) is 2.02. The lowest BCUT2D eigenvalue weighted by molar-refractivity contribution is -0.386. The molecule has 1 aromatic rings. The van der Waals surface area contributed by atoms with Crippen LogP contribution < -0.4 is 10.1 Å². The standard InChI is InChI=1S/C10H12ClFN2O3/c1-6(5-13-2)17-10-3-7(11)8(12)4-9(10)14(15)16/h3-4,6,13H,5H2,1-2H3. The second-order valence-corrected chi connectivity index (χ2v) is 3.88. The number of nitro benzene ring substituents is 1. The minimum absolute atomic E-state index is 0.0378. The van der Waals surface area contributed by atoms with Gasteiger partial charge in [-0.25, -0.2) is 4.39 Å². The number of ether oxygens (including phenoxy) is 1. The van der Waals surface area contributed by atoms with Crippen molar-refractivity contribution in [1.29, 1.82) is 0 Å². The van der Waals surface area contributed by atoms with Gasteiger partial charge in [0.2, 0.25) is 0 Å². The molecule has 7 heteroatoms. The molecule has 17 heavy (non-hydrogen) atoms. The first-order chi connectivity index (χ1) is 7.95. The summed E-state index contributed by atoms with van der Waals surface area (Å²) in [5.74, 6) is -0.879. The third-order valence-corrected chi connectivity index (χ3v) is 2.31. The highest BCUT2D eigenvalue weighted by atomic mass is 35.5. The zero-order valence-electron chi connectivity index (χ0n) is 9.37. The molecule has 0 amide bonds. The Morgan fingerprint density at radius 3 is 2.82 bits per heavy atom. The van der Waals surface area contributed by atoms with Gasteiger partial charge in [0.15, 0.2) is 5.75 Å². The lowest BCUT2D eigenvalue weighted by Gasteiger charge is -2.14. The van der Waals surface area contributed by atoms with E-state index in [4.69, 9.17) is 16.3 Å². The van der Waals surface area contributed by atoms with Gasteiger partial charge in [0.05, 0.1) is 16.0 Å². The number of nitrogens with one attached hydrogen (secondary N) is 1. The Bertz CT molecular complexity index is 428. The van der Waals surface area contributed by atoms with Crippen molar-refractivity contribution in [2.75, 3.05) is 13.6 Å². The average Bonchev–Trinajstić information content (AvgIpc) is 2.23. The highest BCUT2D eigenvalue weighted by Gasteiger charge is 2.20. The number of halogens is 2. The van der Waals surface area contributed by atoms with Crippen LogP contribution in [0.4, 0.5) is 10.1 Å². The topological polar surface area (TPSA) is 64.4 Å². The third kappa shape index (κ3) is 3.54. The molecule has 0 aliphatic rings. The summed E-state index contributed by atoms with van der Waals surface area (Å²) in [6, 6.07) is 1.87. The highest BCUT2D eigenvalue weighted by Crippen LogP contribution is 2.32. The summed E-state index contributed by atoms with van der Waals surface area (Å²) in [7, 11) is 1.73. The minimum atomic E-state index is -0.841. The normalized spacial score (nSPS) is 12.2. The van der Waals surface area contributed by atoms with Crippen molar-refractivity contribution in [3.63, 3.8) is 0 Å². The number of nitrogens with zero attached hydrogens (tertiary/aromatic N) is 1. The molecule has 0 aromatic heterocycles. The van der Waals surface area contributed by atoms with Crippen LogP contribution in [0.1, 0.15) is 6.92 Å². The van der Waals surface area contributed by atoms with Crippen LogP contribution in [0, 0.1) is 15.9 Å². The van der Waals surface area contributed by atoms with Crippen LogP contribution in [0.3, 0.4) is 0 Å². The fourth-order valence-corrected chi connectivity index (χ4v) is 1.45. The molecule has 0 fully saturated rings. The molecule has 0 aliphatic carbocycles. The van der Waals surface area contributed by atoms with E-state index in [0.29, 0.717) is 6.54 Å². The summed E-state index contributed by atoms with van der Waals surface area (Å²) in [5.41, 5.74) is -0.435. The van der Waals surface area contributed by atoms with Gasteiger partial charge >= 0.3 is 5.69 Å². The van der Waals surface area contributed by atoms with Gasteiger partial charge in [-0.3, -0.25) is 10.1 Å². The largest absolute Gasteiger partial charge is 0.482 e. The van der Waals surface area contributed by atoms with Crippen molar-refractivity contribution >= 4 is 17.3 Å². The van der Waals surface area contributed by atoms with Crippen molar-refractivity contribution in [3.8, 4) is 5.75 Å². The summed E-state index contributed by atoms with van der Waals surface area (Å²) in [5, 5.41) is 13.4. The van der Waals surface area contributed by atoms with Crippen LogP contribution in [-0.4, -0.2) is 24.6 Å². The number of likely N-dealkylation sites (N-methyl/N-ethyl adjacent to an activating group) is 1. The highest BCUT2D eigenvalue weighted by molar-refractivity contribution is 6.31. The average molecular weight is 263 g/mol. The summed E-state index contributed by atoms with van der Waals surface area (Å²) in [4.78, 5) is 10.0. The maximum Gasteiger partial charge on any atom is 0.313 e. The maximum atomic E-state index is 13.1. The lowest BCUT2D eigenvalue weighted by atomic mass is 10.2. The van der Waals surface area contributed by atoms with Crippen molar-refractivity contribution in [1.82, 2.24) is 5.32 Å². The fourth-order valence-electron chi connectivity index (χ4n) is 1.30. The van der Waals surface area contributed by atoms with E-state index in [-0.39, 0.29) is 16.9 Å². The number of benzene rings is 1. The molecule has 0 heterocycles. The van der Waals surface area contributed by atoms with Gasteiger partial charge in [0, 0.05) is 12.6 Å². The Morgan fingerprint density at radius 2 is 2.29 bits per heavy atom. The first-order valence-electron chi connectivity index (χ1n) is 4.90. The van der Waals surface area contributed by atoms with Gasteiger partial charge in [0.25, 0.3) is 0 Å². The van der Waals surface area contributed by atoms with Gasteiger partial charge in [-0.15, -0.1) is 0 Å². The van der Waals surface area contributed by atoms with E-state index in [1.807, 2.05) is 0 Å². The zero-order chi connectivity index (χ0) is 13.0. The molecule has 5 nitrogen and oxygen atoms in total. The van der Waals surface area contributed by atoms with E-state index in [0.717, 1.165) is 12.1 Å². The molecule has 1 atom stereocenters. The summed E-state index contributed by atoms with van der Waals surface area (Å²) < 4.78 is 18.4. The molecule has 1 aromatic carbocycles. The van der Waals surface area contributed by atoms with Crippen LogP contribution in [-0.2, 0) is 0 Å². The quantitative estimate of drug-likeness (QED) is 0.654. The molecule has 0 aliphatic heterocycles. The Hall–Kier alpha value is -1.40. The number of nitro groups is 1. The van der Waals surface area contributed by atoms with Crippen LogP contribution in [0.2, 0.25) is 5.02 Å². The Kier molecular flexibility index (Phi) is 4.65. The van der Waals surface area contributed by atoms with E-state index >= 15 is 0 Å². The van der Waals surface area contributed by atoms with Crippen LogP contribution in [0.25, 0.3) is 0 Å². The van der Waals surface area contributed by atoms with E-state index in [1.54, 1.807) is 14.0 Å². The summed E-state index contributed by atoms with van der Waals surface area (Å²) in [6.45, 7) is 2.24. The SMILES string of the molecule is CNCC(C)Oc1cc(Cl)c(F)cc1[N+](=O)[O-]. The second kappa shape index (κ2) is 5.79. The predicted molar refractivity (Wildman–Crippen MR) is 62.1 cm³/mol. The molecule has 0 bridgehead atoms. The molecular weight excluding hydrogens is 251 g/mol. The van der Waals surface area contributed by atoms with E-state index < -0.39 is 16.4 Å². The first-order valence-corrected chi connectivity index (χ1v) is 5.28. The Balaban J connectivity index is 3.04. The Labute approximate surface area is 103 Å².